The third-order valence-electron chi connectivity index (χ3n) is 3.78. The van der Waals surface area contributed by atoms with Crippen molar-refractivity contribution in [3.63, 3.8) is 0 Å². The van der Waals surface area contributed by atoms with E-state index < -0.39 is 0 Å². The van der Waals surface area contributed by atoms with Crippen molar-refractivity contribution in [1.29, 1.82) is 0 Å². The summed E-state index contributed by atoms with van der Waals surface area (Å²) < 4.78 is 5.82. The minimum absolute atomic E-state index is 0.440. The summed E-state index contributed by atoms with van der Waals surface area (Å²) in [5.74, 6) is 0.822. The minimum atomic E-state index is 0.440. The molecule has 5 heteroatoms. The fourth-order valence-corrected chi connectivity index (χ4v) is 2.64. The van der Waals surface area contributed by atoms with Gasteiger partial charge < -0.3 is 10.1 Å². The van der Waals surface area contributed by atoms with Crippen molar-refractivity contribution in [1.82, 2.24) is 5.43 Å². The van der Waals surface area contributed by atoms with Gasteiger partial charge in [0.25, 0.3) is 0 Å². The van der Waals surface area contributed by atoms with Crippen LogP contribution >= 0.6 is 12.2 Å². The second kappa shape index (κ2) is 9.50. The second-order valence-electron chi connectivity index (χ2n) is 6.04. The first-order valence-electron chi connectivity index (χ1n) is 8.62. The van der Waals surface area contributed by atoms with E-state index in [2.05, 4.69) is 41.0 Å². The molecule has 0 heterocycles. The Kier molecular flexibility index (Phi) is 6.55. The van der Waals surface area contributed by atoms with Crippen molar-refractivity contribution >= 4 is 29.2 Å². The number of hydrogen-bond acceptors (Lipinski definition) is 3. The van der Waals surface area contributed by atoms with Gasteiger partial charge >= 0.3 is 0 Å². The monoisotopic (exact) mass is 375 g/mol. The zero-order valence-electron chi connectivity index (χ0n) is 15.1. The molecule has 0 saturated heterocycles. The molecule has 0 aliphatic carbocycles. The summed E-state index contributed by atoms with van der Waals surface area (Å²) >= 11 is 5.21. The zero-order chi connectivity index (χ0) is 18.9. The number of ether oxygens (including phenoxy) is 1. The van der Waals surface area contributed by atoms with Gasteiger partial charge in [-0.25, -0.2) is 0 Å². The fraction of sp³-hybridized carbons (Fsp3) is 0.0909. The zero-order valence-corrected chi connectivity index (χ0v) is 15.9. The smallest absolute Gasteiger partial charge is 0.191 e. The lowest BCUT2D eigenvalue weighted by atomic mass is 10.1. The Morgan fingerprint density at radius 1 is 1.00 bits per heavy atom. The summed E-state index contributed by atoms with van der Waals surface area (Å²) in [7, 11) is 0. The maximum absolute atomic E-state index is 5.82. The van der Waals surface area contributed by atoms with Crippen LogP contribution in [0.15, 0.2) is 84.0 Å². The van der Waals surface area contributed by atoms with E-state index in [4.69, 9.17) is 17.0 Å². The Labute approximate surface area is 164 Å². The average molecular weight is 375 g/mol. The second-order valence-corrected chi connectivity index (χ2v) is 6.45. The summed E-state index contributed by atoms with van der Waals surface area (Å²) in [6.07, 6.45) is 1.71. The van der Waals surface area contributed by atoms with Gasteiger partial charge in [0.05, 0.1) is 6.21 Å². The van der Waals surface area contributed by atoms with Gasteiger partial charge in [0.15, 0.2) is 5.11 Å². The predicted molar refractivity (Wildman–Crippen MR) is 115 cm³/mol. The molecular weight excluding hydrogens is 354 g/mol. The lowest BCUT2D eigenvalue weighted by Crippen LogP contribution is -2.23. The van der Waals surface area contributed by atoms with Gasteiger partial charge in [0.1, 0.15) is 12.4 Å². The van der Waals surface area contributed by atoms with Crippen LogP contribution in [0, 0.1) is 6.92 Å². The van der Waals surface area contributed by atoms with Crippen molar-refractivity contribution in [2.75, 3.05) is 5.32 Å². The summed E-state index contributed by atoms with van der Waals surface area (Å²) in [5, 5.41) is 7.65. The Morgan fingerprint density at radius 2 is 1.78 bits per heavy atom. The van der Waals surface area contributed by atoms with Crippen LogP contribution in [-0.2, 0) is 6.61 Å². The molecule has 0 radical (unpaired) electrons. The fourth-order valence-electron chi connectivity index (χ4n) is 2.46. The number of thiocarbonyl (C=S) groups is 1. The molecular formula is C22H21N3OS. The molecule has 0 fully saturated rings. The Bertz CT molecular complexity index is 908. The Balaban J connectivity index is 1.47. The number of nitrogens with one attached hydrogen (secondary N) is 2. The van der Waals surface area contributed by atoms with Crippen LogP contribution in [0.5, 0.6) is 5.75 Å². The maximum atomic E-state index is 5.82. The number of nitrogens with zero attached hydrogens (tertiary/aromatic N) is 1. The van der Waals surface area contributed by atoms with Gasteiger partial charge in [-0.2, -0.15) is 5.10 Å². The van der Waals surface area contributed by atoms with Crippen molar-refractivity contribution in [3.8, 4) is 5.75 Å². The first-order valence-corrected chi connectivity index (χ1v) is 9.03. The number of rotatable bonds is 6. The Morgan fingerprint density at radius 3 is 2.52 bits per heavy atom. The molecule has 3 rings (SSSR count). The molecule has 0 bridgehead atoms. The lowest BCUT2D eigenvalue weighted by Gasteiger charge is -2.07. The minimum Gasteiger partial charge on any atom is -0.489 e. The Hall–Kier alpha value is -3.18. The molecule has 4 nitrogen and oxygen atoms in total. The van der Waals surface area contributed by atoms with E-state index in [1.54, 1.807) is 6.21 Å². The van der Waals surface area contributed by atoms with Gasteiger partial charge in [-0.15, -0.1) is 0 Å². The van der Waals surface area contributed by atoms with Gasteiger partial charge in [-0.05, 0) is 66.7 Å². The predicted octanol–water partition coefficient (Wildman–Crippen LogP) is 4.89. The standard InChI is InChI=1S/C22H21N3OS/c1-17-6-5-7-19(14-17)16-26-21-12-10-18(11-13-21)15-23-25-22(27)24-20-8-3-2-4-9-20/h2-15H,16H2,1H3,(H2,24,25,27). The molecule has 0 spiro atoms. The van der Waals surface area contributed by atoms with Crippen LogP contribution < -0.4 is 15.5 Å². The van der Waals surface area contributed by atoms with Gasteiger partial charge in [0.2, 0.25) is 0 Å². The van der Waals surface area contributed by atoms with Crippen LogP contribution in [0.3, 0.4) is 0 Å². The van der Waals surface area contributed by atoms with Crippen LogP contribution in [0.25, 0.3) is 0 Å². The van der Waals surface area contributed by atoms with Crippen LogP contribution in [-0.4, -0.2) is 11.3 Å². The van der Waals surface area contributed by atoms with Crippen molar-refractivity contribution in [3.05, 3.63) is 95.6 Å². The molecule has 0 amide bonds. The first-order chi connectivity index (χ1) is 13.2. The third kappa shape index (κ3) is 6.24. The molecule has 0 saturated carbocycles. The molecule has 0 aromatic heterocycles. The summed E-state index contributed by atoms with van der Waals surface area (Å²) in [4.78, 5) is 0. The van der Waals surface area contributed by atoms with E-state index >= 15 is 0 Å². The quantitative estimate of drug-likeness (QED) is 0.366. The first kappa shape index (κ1) is 18.6. The van der Waals surface area contributed by atoms with E-state index in [0.29, 0.717) is 11.7 Å². The highest BCUT2D eigenvalue weighted by molar-refractivity contribution is 7.80. The number of para-hydroxylation sites is 1. The average Bonchev–Trinajstić information content (AvgIpc) is 2.68. The van der Waals surface area contributed by atoms with Gasteiger partial charge in [-0.1, -0.05) is 48.0 Å². The van der Waals surface area contributed by atoms with Crippen molar-refractivity contribution in [2.45, 2.75) is 13.5 Å². The number of hydrogen-bond donors (Lipinski definition) is 2. The number of anilines is 1. The molecule has 136 valence electrons. The van der Waals surface area contributed by atoms with Crippen LogP contribution in [0.2, 0.25) is 0 Å². The summed E-state index contributed by atoms with van der Waals surface area (Å²) in [5.41, 5.74) is 7.06. The highest BCUT2D eigenvalue weighted by Crippen LogP contribution is 2.14. The molecule has 0 atom stereocenters. The van der Waals surface area contributed by atoms with Crippen LogP contribution in [0.4, 0.5) is 5.69 Å². The van der Waals surface area contributed by atoms with Gasteiger partial charge in [0, 0.05) is 5.69 Å². The third-order valence-corrected chi connectivity index (χ3v) is 3.97. The van der Waals surface area contributed by atoms with Gasteiger partial charge in [-0.3, -0.25) is 5.43 Å². The topological polar surface area (TPSA) is 45.6 Å². The molecule has 3 aromatic carbocycles. The number of hydrazone groups is 1. The molecule has 3 aromatic rings. The van der Waals surface area contributed by atoms with Crippen LogP contribution in [0.1, 0.15) is 16.7 Å². The SMILES string of the molecule is Cc1cccc(COc2ccc(C=NNC(=S)Nc3ccccc3)cc2)c1. The highest BCUT2D eigenvalue weighted by Gasteiger charge is 1.98. The van der Waals surface area contributed by atoms with Crippen molar-refractivity contribution < 1.29 is 4.74 Å². The largest absolute Gasteiger partial charge is 0.489 e. The number of benzene rings is 3. The molecule has 27 heavy (non-hydrogen) atoms. The van der Waals surface area contributed by atoms with E-state index in [1.165, 1.54) is 5.56 Å². The molecule has 2 N–H and O–H groups in total. The normalized spacial score (nSPS) is 10.6. The van der Waals surface area contributed by atoms with E-state index in [-0.39, 0.29) is 0 Å². The molecule has 0 aliphatic rings. The summed E-state index contributed by atoms with van der Waals surface area (Å²) in [6.45, 7) is 2.63. The highest BCUT2D eigenvalue weighted by atomic mass is 32.1. The van der Waals surface area contributed by atoms with E-state index in [0.717, 1.165) is 22.6 Å². The number of aryl methyl sites for hydroxylation is 1. The molecule has 0 unspecified atom stereocenters. The lowest BCUT2D eigenvalue weighted by molar-refractivity contribution is 0.306. The van der Waals surface area contributed by atoms with E-state index in [9.17, 15) is 0 Å². The van der Waals surface area contributed by atoms with Crippen molar-refractivity contribution in [2.24, 2.45) is 5.10 Å². The maximum Gasteiger partial charge on any atom is 0.191 e. The van der Waals surface area contributed by atoms with E-state index in [1.807, 2.05) is 60.7 Å². The summed E-state index contributed by atoms with van der Waals surface area (Å²) in [6, 6.07) is 25.8. The molecule has 0 aliphatic heterocycles.